The zero-order valence-electron chi connectivity index (χ0n) is 9.34. The molecular formula is C14H16N2. The summed E-state index contributed by atoms with van der Waals surface area (Å²) in [5.74, 6) is 0.267. The minimum Gasteiger partial charge on any atom is -0.289 e. The van der Waals surface area contributed by atoms with Crippen molar-refractivity contribution in [1.82, 2.24) is 0 Å². The molecule has 1 fully saturated rings. The van der Waals surface area contributed by atoms with Gasteiger partial charge in [0.15, 0.2) is 0 Å². The second kappa shape index (κ2) is 5.46. The van der Waals surface area contributed by atoms with Crippen LogP contribution in [0.4, 0.5) is 0 Å². The fourth-order valence-corrected chi connectivity index (χ4v) is 2.08. The van der Waals surface area contributed by atoms with Gasteiger partial charge in [-0.05, 0) is 31.2 Å². The first-order chi connectivity index (χ1) is 7.88. The van der Waals surface area contributed by atoms with Crippen LogP contribution in [0, 0.1) is 17.2 Å². The van der Waals surface area contributed by atoms with Gasteiger partial charge in [0.2, 0.25) is 0 Å². The van der Waals surface area contributed by atoms with Crippen molar-refractivity contribution in [2.45, 2.75) is 31.7 Å². The molecule has 0 spiro atoms. The molecule has 0 aliphatic heterocycles. The Bertz CT molecular complexity index is 381. The van der Waals surface area contributed by atoms with Crippen molar-refractivity contribution < 1.29 is 0 Å². The lowest BCUT2D eigenvalue weighted by molar-refractivity contribution is 0.384. The molecule has 0 aromatic heterocycles. The topological polar surface area (TPSA) is 36.1 Å². The van der Waals surface area contributed by atoms with Gasteiger partial charge in [0.05, 0.1) is 12.1 Å². The monoisotopic (exact) mass is 212 g/mol. The number of hydrogen-bond donors (Lipinski definition) is 0. The highest BCUT2D eigenvalue weighted by Gasteiger charge is 2.19. The summed E-state index contributed by atoms with van der Waals surface area (Å²) >= 11 is 0. The van der Waals surface area contributed by atoms with Crippen molar-refractivity contribution in [2.24, 2.45) is 10.9 Å². The molecule has 1 aromatic carbocycles. The molecule has 0 unspecified atom stereocenters. The Morgan fingerprint density at radius 1 is 1.12 bits per heavy atom. The van der Waals surface area contributed by atoms with Crippen LogP contribution in [0.1, 0.15) is 31.2 Å². The second-order valence-electron chi connectivity index (χ2n) is 4.32. The van der Waals surface area contributed by atoms with Crippen LogP contribution in [0.5, 0.6) is 0 Å². The fourth-order valence-electron chi connectivity index (χ4n) is 2.08. The second-order valence-corrected chi connectivity index (χ2v) is 4.32. The van der Waals surface area contributed by atoms with Crippen LogP contribution in [0.3, 0.4) is 0 Å². The first-order valence-electron chi connectivity index (χ1n) is 5.86. The Morgan fingerprint density at radius 2 is 1.81 bits per heavy atom. The van der Waals surface area contributed by atoms with Crippen LogP contribution in [-0.4, -0.2) is 12.3 Å². The summed E-state index contributed by atoms with van der Waals surface area (Å²) in [6.07, 6.45) is 6.08. The van der Waals surface area contributed by atoms with Gasteiger partial charge in [0.25, 0.3) is 0 Å². The van der Waals surface area contributed by atoms with Crippen LogP contribution in [0.15, 0.2) is 35.3 Å². The Balaban J connectivity index is 1.88. The van der Waals surface area contributed by atoms with Gasteiger partial charge < -0.3 is 0 Å². The Hall–Kier alpha value is -1.62. The van der Waals surface area contributed by atoms with Crippen molar-refractivity contribution in [3.05, 3.63) is 35.9 Å². The van der Waals surface area contributed by atoms with E-state index >= 15 is 0 Å². The average Bonchev–Trinajstić information content (AvgIpc) is 2.38. The summed E-state index contributed by atoms with van der Waals surface area (Å²) in [5.41, 5.74) is 1.16. The quantitative estimate of drug-likeness (QED) is 0.693. The largest absolute Gasteiger partial charge is 0.289 e. The third-order valence-electron chi connectivity index (χ3n) is 3.11. The molecule has 0 heterocycles. The molecule has 1 aliphatic rings. The summed E-state index contributed by atoms with van der Waals surface area (Å²) < 4.78 is 0. The van der Waals surface area contributed by atoms with Gasteiger partial charge >= 0.3 is 0 Å². The number of hydrogen-bond acceptors (Lipinski definition) is 2. The lowest BCUT2D eigenvalue weighted by atomic mass is 9.87. The van der Waals surface area contributed by atoms with Crippen LogP contribution in [0.25, 0.3) is 0 Å². The van der Waals surface area contributed by atoms with E-state index in [1.165, 1.54) is 0 Å². The van der Waals surface area contributed by atoms with E-state index in [0.717, 1.165) is 31.2 Å². The van der Waals surface area contributed by atoms with Crippen molar-refractivity contribution in [1.29, 1.82) is 5.26 Å². The molecule has 0 atom stereocenters. The van der Waals surface area contributed by atoms with Gasteiger partial charge in [0, 0.05) is 12.1 Å². The molecule has 0 amide bonds. The van der Waals surface area contributed by atoms with E-state index in [1.807, 2.05) is 24.4 Å². The molecule has 0 radical (unpaired) electrons. The number of aliphatic imine (C=N–C) groups is 1. The van der Waals surface area contributed by atoms with Gasteiger partial charge in [-0.3, -0.25) is 4.99 Å². The van der Waals surface area contributed by atoms with Gasteiger partial charge in [-0.1, -0.05) is 30.3 Å². The van der Waals surface area contributed by atoms with E-state index < -0.39 is 0 Å². The molecule has 1 saturated carbocycles. The zero-order valence-corrected chi connectivity index (χ0v) is 9.34. The first kappa shape index (κ1) is 10.9. The zero-order chi connectivity index (χ0) is 11.2. The van der Waals surface area contributed by atoms with Gasteiger partial charge in [-0.25, -0.2) is 0 Å². The molecule has 1 aromatic rings. The maximum Gasteiger partial charge on any atom is 0.0655 e. The molecule has 82 valence electrons. The maximum atomic E-state index is 8.80. The van der Waals surface area contributed by atoms with Crippen molar-refractivity contribution in [2.75, 3.05) is 0 Å². The van der Waals surface area contributed by atoms with Crippen LogP contribution >= 0.6 is 0 Å². The smallest absolute Gasteiger partial charge is 0.0655 e. The number of nitriles is 1. The Labute approximate surface area is 96.6 Å². The van der Waals surface area contributed by atoms with Crippen molar-refractivity contribution >= 4 is 6.21 Å². The predicted molar refractivity (Wildman–Crippen MR) is 65.4 cm³/mol. The van der Waals surface area contributed by atoms with E-state index in [9.17, 15) is 0 Å². The molecular weight excluding hydrogens is 196 g/mol. The van der Waals surface area contributed by atoms with E-state index in [2.05, 4.69) is 23.2 Å². The fraction of sp³-hybridized carbons (Fsp3) is 0.429. The number of rotatable bonds is 2. The summed E-state index contributed by atoms with van der Waals surface area (Å²) in [5, 5.41) is 8.80. The predicted octanol–water partition coefficient (Wildman–Crippen LogP) is 3.19. The Morgan fingerprint density at radius 3 is 2.44 bits per heavy atom. The summed E-state index contributed by atoms with van der Waals surface area (Å²) in [4.78, 5) is 4.59. The van der Waals surface area contributed by atoms with Gasteiger partial charge in [-0.15, -0.1) is 0 Å². The Kier molecular flexibility index (Phi) is 3.71. The van der Waals surface area contributed by atoms with Crippen molar-refractivity contribution in [3.63, 3.8) is 0 Å². The standard InChI is InChI=1S/C14H16N2/c15-10-12-6-8-14(9-7-12)16-11-13-4-2-1-3-5-13/h1-5,11-12,14H,6-9H2/b16-11+. The highest BCUT2D eigenvalue weighted by Crippen LogP contribution is 2.25. The normalized spacial score (nSPS) is 25.4. The summed E-state index contributed by atoms with van der Waals surface area (Å²) in [6.45, 7) is 0. The lowest BCUT2D eigenvalue weighted by Crippen LogP contribution is -2.16. The maximum absolute atomic E-state index is 8.80. The van der Waals surface area contributed by atoms with E-state index in [4.69, 9.17) is 5.26 Å². The minimum absolute atomic E-state index is 0.267. The molecule has 0 bridgehead atoms. The molecule has 0 N–H and O–H groups in total. The van der Waals surface area contributed by atoms with Crippen LogP contribution in [0.2, 0.25) is 0 Å². The SMILES string of the molecule is N#CC1CCC(/N=C/c2ccccc2)CC1. The molecule has 16 heavy (non-hydrogen) atoms. The number of nitrogens with zero attached hydrogens (tertiary/aromatic N) is 2. The third kappa shape index (κ3) is 2.93. The highest BCUT2D eigenvalue weighted by atomic mass is 14.8. The molecule has 0 saturated heterocycles. The molecule has 1 aliphatic carbocycles. The third-order valence-corrected chi connectivity index (χ3v) is 3.11. The average molecular weight is 212 g/mol. The van der Waals surface area contributed by atoms with Crippen molar-refractivity contribution in [3.8, 4) is 6.07 Å². The molecule has 2 nitrogen and oxygen atoms in total. The summed E-state index contributed by atoms with van der Waals surface area (Å²) in [6, 6.07) is 12.9. The summed E-state index contributed by atoms with van der Waals surface area (Å²) in [7, 11) is 0. The van der Waals surface area contributed by atoms with Crippen LogP contribution < -0.4 is 0 Å². The highest BCUT2D eigenvalue weighted by molar-refractivity contribution is 5.79. The number of benzene rings is 1. The first-order valence-corrected chi connectivity index (χ1v) is 5.86. The van der Waals surface area contributed by atoms with E-state index in [1.54, 1.807) is 0 Å². The van der Waals surface area contributed by atoms with Gasteiger partial charge in [-0.2, -0.15) is 5.26 Å². The van der Waals surface area contributed by atoms with Crippen LogP contribution in [-0.2, 0) is 0 Å². The van der Waals surface area contributed by atoms with E-state index in [-0.39, 0.29) is 5.92 Å². The van der Waals surface area contributed by atoms with Gasteiger partial charge in [0.1, 0.15) is 0 Å². The molecule has 2 heteroatoms. The van der Waals surface area contributed by atoms with E-state index in [0.29, 0.717) is 6.04 Å². The molecule has 2 rings (SSSR count). The minimum atomic E-state index is 0.267. The lowest BCUT2D eigenvalue weighted by Gasteiger charge is -2.21.